The number of nitrogens with two attached hydrogens (primary N) is 1. The number of nitrogens with zero attached hydrogens (tertiary/aromatic N) is 3. The van der Waals surface area contributed by atoms with Gasteiger partial charge in [0.1, 0.15) is 5.75 Å². The van der Waals surface area contributed by atoms with Crippen molar-refractivity contribution in [1.82, 2.24) is 14.1 Å². The summed E-state index contributed by atoms with van der Waals surface area (Å²) in [6.07, 6.45) is 6.19. The van der Waals surface area contributed by atoms with Crippen LogP contribution in [0.1, 0.15) is 39.4 Å². The molecule has 34 heavy (non-hydrogen) atoms. The van der Waals surface area contributed by atoms with Gasteiger partial charge in [0.25, 0.3) is 5.91 Å². The standard InChI is InChI=1S/C24H18N4O3S.C2H6/c1-14-8-15(27-7-6-26-13-27)2-4-18(14)20-11-23-21(10-17(12-29)32-23)28(20)16-3-5-19(24(25)31)22(30)9-16;1-2/h2-13,30H,1H3,(H2,25,31);1-2H3. The number of aromatic nitrogens is 3. The molecule has 0 fully saturated rings. The first-order valence-electron chi connectivity index (χ1n) is 10.8. The molecule has 0 aliphatic heterocycles. The zero-order valence-corrected chi connectivity index (χ0v) is 19.8. The van der Waals surface area contributed by atoms with Gasteiger partial charge in [-0.05, 0) is 48.9 Å². The lowest BCUT2D eigenvalue weighted by atomic mass is 10.0. The highest BCUT2D eigenvalue weighted by atomic mass is 32.1. The average molecular weight is 473 g/mol. The fourth-order valence-electron chi connectivity index (χ4n) is 3.92. The first kappa shape index (κ1) is 23.0. The monoisotopic (exact) mass is 472 g/mol. The minimum atomic E-state index is -0.698. The number of primary amides is 1. The van der Waals surface area contributed by atoms with Crippen LogP contribution in [0.5, 0.6) is 5.75 Å². The highest BCUT2D eigenvalue weighted by Gasteiger charge is 2.18. The molecule has 0 aliphatic carbocycles. The predicted molar refractivity (Wildman–Crippen MR) is 135 cm³/mol. The lowest BCUT2D eigenvalue weighted by Crippen LogP contribution is -2.11. The molecule has 7 nitrogen and oxygen atoms in total. The maximum atomic E-state index is 11.5. The summed E-state index contributed by atoms with van der Waals surface area (Å²) in [5.41, 5.74) is 10.9. The number of hydrogen-bond donors (Lipinski definition) is 2. The zero-order valence-electron chi connectivity index (χ0n) is 19.0. The van der Waals surface area contributed by atoms with Crippen molar-refractivity contribution in [3.63, 3.8) is 0 Å². The van der Waals surface area contributed by atoms with Crippen LogP contribution in [0, 0.1) is 6.92 Å². The van der Waals surface area contributed by atoms with E-state index in [1.165, 1.54) is 23.5 Å². The van der Waals surface area contributed by atoms with Gasteiger partial charge in [0.2, 0.25) is 0 Å². The van der Waals surface area contributed by atoms with Crippen LogP contribution >= 0.6 is 11.3 Å². The Morgan fingerprint density at radius 1 is 1.09 bits per heavy atom. The Bertz CT molecular complexity index is 1500. The summed E-state index contributed by atoms with van der Waals surface area (Å²) >= 11 is 1.40. The number of amides is 1. The normalized spacial score (nSPS) is 10.7. The number of hydrogen-bond acceptors (Lipinski definition) is 5. The number of benzene rings is 2. The van der Waals surface area contributed by atoms with Gasteiger partial charge in [0, 0.05) is 35.4 Å². The van der Waals surface area contributed by atoms with Gasteiger partial charge in [0.15, 0.2) is 6.29 Å². The molecule has 0 saturated carbocycles. The van der Waals surface area contributed by atoms with Crippen molar-refractivity contribution >= 4 is 33.7 Å². The van der Waals surface area contributed by atoms with Crippen LogP contribution in [0.3, 0.4) is 0 Å². The zero-order chi connectivity index (χ0) is 24.4. The number of aryl methyl sites for hydroxylation is 1. The molecule has 0 unspecified atom stereocenters. The second-order valence-corrected chi connectivity index (χ2v) is 8.53. The van der Waals surface area contributed by atoms with E-state index in [-0.39, 0.29) is 11.3 Å². The minimum absolute atomic E-state index is 0.0541. The molecular weight excluding hydrogens is 448 g/mol. The Balaban J connectivity index is 0.00000133. The summed E-state index contributed by atoms with van der Waals surface area (Å²) in [6, 6.07) is 14.7. The molecule has 0 atom stereocenters. The van der Waals surface area contributed by atoms with Crippen molar-refractivity contribution in [2.45, 2.75) is 20.8 Å². The second-order valence-electron chi connectivity index (χ2n) is 7.42. The summed E-state index contributed by atoms with van der Waals surface area (Å²) in [4.78, 5) is 27.6. The smallest absolute Gasteiger partial charge is 0.252 e. The molecule has 0 spiro atoms. The van der Waals surface area contributed by atoms with E-state index in [1.807, 2.05) is 60.4 Å². The van der Waals surface area contributed by atoms with Crippen molar-refractivity contribution in [1.29, 1.82) is 0 Å². The number of carbonyl (C=O) groups is 2. The fraction of sp³-hybridized carbons (Fsp3) is 0.115. The molecule has 8 heteroatoms. The molecule has 3 N–H and O–H groups in total. The lowest BCUT2D eigenvalue weighted by molar-refractivity contribution is 0.0997. The number of rotatable bonds is 5. The van der Waals surface area contributed by atoms with E-state index in [9.17, 15) is 14.7 Å². The van der Waals surface area contributed by atoms with Gasteiger partial charge in [-0.3, -0.25) is 9.59 Å². The number of phenols is 1. The van der Waals surface area contributed by atoms with Gasteiger partial charge in [-0.1, -0.05) is 19.9 Å². The van der Waals surface area contributed by atoms with Gasteiger partial charge in [-0.15, -0.1) is 11.3 Å². The number of aromatic hydroxyl groups is 1. The molecule has 0 bridgehead atoms. The Hall–Kier alpha value is -4.17. The van der Waals surface area contributed by atoms with Crippen molar-refractivity contribution in [3.8, 4) is 28.4 Å². The molecule has 0 aliphatic rings. The van der Waals surface area contributed by atoms with E-state index in [0.717, 1.165) is 39.0 Å². The van der Waals surface area contributed by atoms with Crippen LogP contribution in [0.15, 0.2) is 67.3 Å². The van der Waals surface area contributed by atoms with E-state index in [1.54, 1.807) is 18.6 Å². The molecule has 2 aromatic carbocycles. The number of fused-ring (bicyclic) bond motifs is 1. The van der Waals surface area contributed by atoms with Crippen LogP contribution in [-0.4, -0.2) is 31.4 Å². The van der Waals surface area contributed by atoms with Crippen LogP contribution in [0.2, 0.25) is 0 Å². The van der Waals surface area contributed by atoms with Gasteiger partial charge in [0.05, 0.1) is 32.7 Å². The first-order valence-corrected chi connectivity index (χ1v) is 11.6. The van der Waals surface area contributed by atoms with Crippen LogP contribution < -0.4 is 5.73 Å². The Morgan fingerprint density at radius 2 is 1.85 bits per heavy atom. The van der Waals surface area contributed by atoms with E-state index in [4.69, 9.17) is 5.73 Å². The number of aldehydes is 1. The molecule has 5 aromatic rings. The number of imidazole rings is 1. The molecule has 1 amide bonds. The highest BCUT2D eigenvalue weighted by Crippen LogP contribution is 2.38. The lowest BCUT2D eigenvalue weighted by Gasteiger charge is -2.15. The van der Waals surface area contributed by atoms with Crippen molar-refractivity contribution in [3.05, 3.63) is 83.3 Å². The second kappa shape index (κ2) is 9.36. The van der Waals surface area contributed by atoms with E-state index in [0.29, 0.717) is 10.6 Å². The molecule has 172 valence electrons. The summed E-state index contributed by atoms with van der Waals surface area (Å²) < 4.78 is 4.85. The van der Waals surface area contributed by atoms with Gasteiger partial charge in [-0.2, -0.15) is 0 Å². The molecular formula is C26H24N4O3S. The molecule has 0 radical (unpaired) electrons. The third kappa shape index (κ3) is 3.99. The van der Waals surface area contributed by atoms with Gasteiger partial charge < -0.3 is 20.0 Å². The van der Waals surface area contributed by atoms with E-state index >= 15 is 0 Å². The summed E-state index contributed by atoms with van der Waals surface area (Å²) in [5.74, 6) is -0.891. The largest absolute Gasteiger partial charge is 0.507 e. The highest BCUT2D eigenvalue weighted by molar-refractivity contribution is 7.20. The average Bonchev–Trinajstić information content (AvgIpc) is 3.56. The van der Waals surface area contributed by atoms with E-state index in [2.05, 4.69) is 11.1 Å². The third-order valence-corrected chi connectivity index (χ3v) is 6.42. The number of carbonyl (C=O) groups excluding carboxylic acids is 2. The Kier molecular flexibility index (Phi) is 6.34. The topological polar surface area (TPSA) is 103 Å². The molecule has 0 saturated heterocycles. The maximum absolute atomic E-state index is 11.5. The van der Waals surface area contributed by atoms with Crippen LogP contribution in [0.4, 0.5) is 0 Å². The third-order valence-electron chi connectivity index (χ3n) is 5.42. The van der Waals surface area contributed by atoms with Gasteiger partial charge >= 0.3 is 0 Å². The maximum Gasteiger partial charge on any atom is 0.252 e. The van der Waals surface area contributed by atoms with Crippen molar-refractivity contribution in [2.75, 3.05) is 0 Å². The minimum Gasteiger partial charge on any atom is -0.507 e. The quantitative estimate of drug-likeness (QED) is 0.330. The van der Waals surface area contributed by atoms with Crippen molar-refractivity contribution < 1.29 is 14.7 Å². The summed E-state index contributed by atoms with van der Waals surface area (Å²) in [5, 5.41) is 10.4. The SMILES string of the molecule is CC.Cc1cc(-n2ccnc2)ccc1-c1cc2sc(C=O)cc2n1-c1ccc(C(N)=O)c(O)c1. The first-order chi connectivity index (χ1) is 16.5. The van der Waals surface area contributed by atoms with Crippen LogP contribution in [-0.2, 0) is 0 Å². The number of thiophene rings is 1. The predicted octanol–water partition coefficient (Wildman–Crippen LogP) is 5.50. The van der Waals surface area contributed by atoms with E-state index < -0.39 is 5.91 Å². The Morgan fingerprint density at radius 3 is 2.47 bits per heavy atom. The fourth-order valence-corrected chi connectivity index (χ4v) is 4.82. The van der Waals surface area contributed by atoms with Crippen LogP contribution in [0.25, 0.3) is 32.8 Å². The summed E-state index contributed by atoms with van der Waals surface area (Å²) in [7, 11) is 0. The molecule has 3 heterocycles. The molecule has 3 aromatic heterocycles. The Labute approximate surface area is 200 Å². The van der Waals surface area contributed by atoms with Gasteiger partial charge in [-0.25, -0.2) is 4.98 Å². The van der Waals surface area contributed by atoms with Crippen molar-refractivity contribution in [2.24, 2.45) is 5.73 Å². The molecule has 5 rings (SSSR count). The summed E-state index contributed by atoms with van der Waals surface area (Å²) in [6.45, 7) is 6.03.